The van der Waals surface area contributed by atoms with Gasteiger partial charge in [-0.1, -0.05) is 13.8 Å². The molecule has 1 aliphatic rings. The van der Waals surface area contributed by atoms with Gasteiger partial charge in [-0.2, -0.15) is 5.10 Å². The first-order valence-electron chi connectivity index (χ1n) is 7.13. The van der Waals surface area contributed by atoms with E-state index in [1.165, 1.54) is 12.8 Å². The van der Waals surface area contributed by atoms with E-state index in [4.69, 9.17) is 0 Å². The lowest BCUT2D eigenvalue weighted by Crippen LogP contribution is -2.05. The number of hydrogen-bond donors (Lipinski definition) is 1. The van der Waals surface area contributed by atoms with Gasteiger partial charge in [0.05, 0.1) is 6.20 Å². The fourth-order valence-corrected chi connectivity index (χ4v) is 1.93. The second-order valence-corrected chi connectivity index (χ2v) is 4.99. The highest BCUT2D eigenvalue weighted by molar-refractivity contribution is 5.48. The summed E-state index contributed by atoms with van der Waals surface area (Å²) in [6.45, 7) is 10.2. The van der Waals surface area contributed by atoms with Crippen molar-refractivity contribution in [2.75, 3.05) is 0 Å². The lowest BCUT2D eigenvalue weighted by atomic mass is 10.3. The fourth-order valence-electron chi connectivity index (χ4n) is 1.93. The minimum Gasteiger partial charge on any atom is -0.340 e. The molecule has 19 heavy (non-hydrogen) atoms. The van der Waals surface area contributed by atoms with Crippen molar-refractivity contribution in [1.82, 2.24) is 24.7 Å². The summed E-state index contributed by atoms with van der Waals surface area (Å²) in [7, 11) is 0. The summed E-state index contributed by atoms with van der Waals surface area (Å²) < 4.78 is 1.99. The average Bonchev–Trinajstić information content (AvgIpc) is 3.00. The molecule has 5 heteroatoms. The first kappa shape index (κ1) is 13.8. The topological polar surface area (TPSA) is 59.4 Å². The van der Waals surface area contributed by atoms with E-state index in [9.17, 15) is 0 Å². The lowest BCUT2D eigenvalue weighted by molar-refractivity contribution is 0.531. The Hall–Kier alpha value is -1.65. The molecule has 0 atom stereocenters. The number of imidazole rings is 1. The zero-order valence-electron chi connectivity index (χ0n) is 12.4. The predicted molar refractivity (Wildman–Crippen MR) is 76.0 cm³/mol. The molecule has 2 aromatic heterocycles. The van der Waals surface area contributed by atoms with Gasteiger partial charge in [0.25, 0.3) is 0 Å². The van der Waals surface area contributed by atoms with Gasteiger partial charge < -0.3 is 4.98 Å². The van der Waals surface area contributed by atoms with Crippen molar-refractivity contribution in [3.8, 4) is 11.5 Å². The SMILES string of the molecule is CC.Cc1ncc(-c2nc(C3CC3)nn2C(C)C)[nH]1. The third kappa shape index (κ3) is 2.85. The summed E-state index contributed by atoms with van der Waals surface area (Å²) in [4.78, 5) is 12.1. The molecule has 0 radical (unpaired) electrons. The van der Waals surface area contributed by atoms with Crippen LogP contribution in [0, 0.1) is 6.92 Å². The van der Waals surface area contributed by atoms with Crippen LogP contribution in [-0.4, -0.2) is 24.7 Å². The standard InChI is InChI=1S/C12H17N5.C2H6/c1-7(2)17-12(10-6-13-8(3)14-10)15-11(16-17)9-4-5-9;1-2/h6-7,9H,4-5H2,1-3H3,(H,13,14);1-2H3. The van der Waals surface area contributed by atoms with Crippen LogP contribution in [0.2, 0.25) is 0 Å². The number of nitrogens with zero attached hydrogens (tertiary/aromatic N) is 4. The molecule has 2 heterocycles. The molecule has 3 rings (SSSR count). The van der Waals surface area contributed by atoms with Crippen molar-refractivity contribution in [2.24, 2.45) is 0 Å². The smallest absolute Gasteiger partial charge is 0.176 e. The van der Waals surface area contributed by atoms with Crippen molar-refractivity contribution in [3.63, 3.8) is 0 Å². The average molecular weight is 261 g/mol. The summed E-state index contributed by atoms with van der Waals surface area (Å²) in [6, 6.07) is 0.314. The van der Waals surface area contributed by atoms with Gasteiger partial charge in [-0.25, -0.2) is 14.6 Å². The minimum absolute atomic E-state index is 0.314. The van der Waals surface area contributed by atoms with Crippen LogP contribution in [0.15, 0.2) is 6.20 Å². The van der Waals surface area contributed by atoms with Crippen molar-refractivity contribution in [1.29, 1.82) is 0 Å². The van der Waals surface area contributed by atoms with E-state index >= 15 is 0 Å². The molecule has 5 nitrogen and oxygen atoms in total. The van der Waals surface area contributed by atoms with E-state index in [0.29, 0.717) is 12.0 Å². The van der Waals surface area contributed by atoms with E-state index in [0.717, 1.165) is 23.2 Å². The van der Waals surface area contributed by atoms with Crippen molar-refractivity contribution >= 4 is 0 Å². The number of nitrogens with one attached hydrogen (secondary N) is 1. The first-order chi connectivity index (χ1) is 9.15. The number of aromatic nitrogens is 5. The Labute approximate surface area is 114 Å². The van der Waals surface area contributed by atoms with Gasteiger partial charge in [-0.05, 0) is 33.6 Å². The van der Waals surface area contributed by atoms with Gasteiger partial charge >= 0.3 is 0 Å². The van der Waals surface area contributed by atoms with E-state index in [1.807, 2.05) is 31.6 Å². The van der Waals surface area contributed by atoms with Crippen molar-refractivity contribution in [2.45, 2.75) is 59.4 Å². The number of aromatic amines is 1. The highest BCUT2D eigenvalue weighted by Crippen LogP contribution is 2.39. The Morgan fingerprint density at radius 1 is 1.32 bits per heavy atom. The maximum absolute atomic E-state index is 4.66. The normalized spacial score (nSPS) is 14.4. The molecule has 2 aromatic rings. The number of H-pyrrole nitrogens is 1. The zero-order chi connectivity index (χ0) is 14.0. The van der Waals surface area contributed by atoms with Gasteiger partial charge in [0.15, 0.2) is 11.6 Å². The summed E-state index contributed by atoms with van der Waals surface area (Å²) in [5, 5.41) is 4.62. The van der Waals surface area contributed by atoms with Gasteiger partial charge in [-0.15, -0.1) is 0 Å². The van der Waals surface area contributed by atoms with Crippen LogP contribution in [0.1, 0.15) is 64.1 Å². The summed E-state index contributed by atoms with van der Waals surface area (Å²) >= 11 is 0. The third-order valence-electron chi connectivity index (χ3n) is 3.02. The number of aryl methyl sites for hydroxylation is 1. The van der Waals surface area contributed by atoms with Crippen LogP contribution in [0.5, 0.6) is 0 Å². The van der Waals surface area contributed by atoms with Gasteiger partial charge in [0.2, 0.25) is 0 Å². The Balaban J connectivity index is 0.000000637. The van der Waals surface area contributed by atoms with Crippen molar-refractivity contribution in [3.05, 3.63) is 17.8 Å². The van der Waals surface area contributed by atoms with Crippen LogP contribution >= 0.6 is 0 Å². The molecule has 0 spiro atoms. The molecule has 1 fully saturated rings. The Morgan fingerprint density at radius 2 is 2.00 bits per heavy atom. The van der Waals surface area contributed by atoms with Gasteiger partial charge in [-0.3, -0.25) is 0 Å². The molecule has 1 saturated carbocycles. The Morgan fingerprint density at radius 3 is 2.47 bits per heavy atom. The summed E-state index contributed by atoms with van der Waals surface area (Å²) in [5.41, 5.74) is 0.954. The summed E-state index contributed by atoms with van der Waals surface area (Å²) in [5.74, 6) is 3.38. The lowest BCUT2D eigenvalue weighted by Gasteiger charge is -2.07. The monoisotopic (exact) mass is 261 g/mol. The van der Waals surface area contributed by atoms with Crippen LogP contribution in [0.3, 0.4) is 0 Å². The molecule has 1 N–H and O–H groups in total. The molecule has 0 amide bonds. The zero-order valence-corrected chi connectivity index (χ0v) is 12.4. The summed E-state index contributed by atoms with van der Waals surface area (Å²) in [6.07, 6.45) is 4.28. The predicted octanol–water partition coefficient (Wildman–Crippen LogP) is 3.46. The second-order valence-electron chi connectivity index (χ2n) is 4.99. The van der Waals surface area contributed by atoms with Crippen LogP contribution < -0.4 is 0 Å². The highest BCUT2D eigenvalue weighted by Gasteiger charge is 2.29. The Bertz CT molecular complexity index is 534. The van der Waals surface area contributed by atoms with Gasteiger partial charge in [0.1, 0.15) is 11.5 Å². The number of rotatable bonds is 3. The molecular weight excluding hydrogens is 238 g/mol. The molecule has 0 bridgehead atoms. The largest absolute Gasteiger partial charge is 0.340 e. The molecule has 1 aliphatic carbocycles. The van der Waals surface area contributed by atoms with E-state index in [-0.39, 0.29) is 0 Å². The number of hydrogen-bond acceptors (Lipinski definition) is 3. The van der Waals surface area contributed by atoms with E-state index in [1.54, 1.807) is 0 Å². The maximum atomic E-state index is 4.66. The molecule has 104 valence electrons. The van der Waals surface area contributed by atoms with E-state index in [2.05, 4.69) is 33.9 Å². The molecular formula is C14H23N5. The third-order valence-corrected chi connectivity index (χ3v) is 3.02. The molecule has 0 aromatic carbocycles. The second kappa shape index (κ2) is 5.55. The fraction of sp³-hybridized carbons (Fsp3) is 0.643. The van der Waals surface area contributed by atoms with E-state index < -0.39 is 0 Å². The van der Waals surface area contributed by atoms with Crippen molar-refractivity contribution < 1.29 is 0 Å². The highest BCUT2D eigenvalue weighted by atomic mass is 15.4. The Kier molecular flexibility index (Phi) is 4.02. The molecule has 0 aliphatic heterocycles. The quantitative estimate of drug-likeness (QED) is 0.920. The first-order valence-corrected chi connectivity index (χ1v) is 7.13. The van der Waals surface area contributed by atoms with Crippen LogP contribution in [-0.2, 0) is 0 Å². The minimum atomic E-state index is 0.314. The maximum Gasteiger partial charge on any atom is 0.176 e. The molecule has 0 unspecified atom stereocenters. The molecule has 0 saturated heterocycles. The van der Waals surface area contributed by atoms with Crippen LogP contribution in [0.25, 0.3) is 11.5 Å². The van der Waals surface area contributed by atoms with Gasteiger partial charge in [0, 0.05) is 12.0 Å². The van der Waals surface area contributed by atoms with Crippen LogP contribution in [0.4, 0.5) is 0 Å².